The van der Waals surface area contributed by atoms with Gasteiger partial charge in [-0.2, -0.15) is 8.42 Å². The number of rotatable bonds is 2. The second-order valence-electron chi connectivity index (χ2n) is 4.25. The van der Waals surface area contributed by atoms with Gasteiger partial charge in [0.1, 0.15) is 12.2 Å². The Morgan fingerprint density at radius 1 is 0.750 bits per heavy atom. The van der Waals surface area contributed by atoms with Gasteiger partial charge in [0, 0.05) is 0 Å². The molecule has 6 heteroatoms. The van der Waals surface area contributed by atoms with Crippen molar-refractivity contribution < 1.29 is 22.3 Å². The minimum atomic E-state index is -4.67. The van der Waals surface area contributed by atoms with E-state index in [9.17, 15) is 0 Å². The van der Waals surface area contributed by atoms with Gasteiger partial charge < -0.3 is 4.74 Å². The molecule has 20 heavy (non-hydrogen) atoms. The molecule has 106 valence electrons. The summed E-state index contributed by atoms with van der Waals surface area (Å²) in [5.41, 5.74) is 2.54. The quantitative estimate of drug-likeness (QED) is 0.657. The Bertz CT molecular complexity index is 588. The Hall–Kier alpha value is -1.73. The molecule has 2 aromatic carbocycles. The van der Waals surface area contributed by atoms with Crippen LogP contribution in [-0.2, 0) is 15.1 Å². The fourth-order valence-corrected chi connectivity index (χ4v) is 1.90. The van der Waals surface area contributed by atoms with E-state index in [1.807, 2.05) is 12.1 Å². The molecule has 0 aromatic heterocycles. The SMILES string of the molecule is O=S(=O)(O)O.c1ccc(C2OC2c2ccccc2)cc1. The molecule has 1 saturated heterocycles. The van der Waals surface area contributed by atoms with Gasteiger partial charge >= 0.3 is 10.4 Å². The van der Waals surface area contributed by atoms with Crippen LogP contribution in [0.2, 0.25) is 0 Å². The first-order valence-corrected chi connectivity index (χ1v) is 7.30. The second kappa shape index (κ2) is 6.15. The third kappa shape index (κ3) is 4.75. The molecule has 5 nitrogen and oxygen atoms in total. The summed E-state index contributed by atoms with van der Waals surface area (Å²) in [5.74, 6) is 0. The lowest BCUT2D eigenvalue weighted by molar-refractivity contribution is 0.377. The molecule has 1 aliphatic heterocycles. The molecule has 0 saturated carbocycles. The van der Waals surface area contributed by atoms with E-state index in [1.54, 1.807) is 0 Å². The van der Waals surface area contributed by atoms with Gasteiger partial charge in [0.05, 0.1) is 0 Å². The summed E-state index contributed by atoms with van der Waals surface area (Å²) in [6.45, 7) is 0. The molecule has 2 unspecified atom stereocenters. The first-order chi connectivity index (χ1) is 9.45. The monoisotopic (exact) mass is 294 g/mol. The predicted molar refractivity (Wildman–Crippen MR) is 73.6 cm³/mol. The van der Waals surface area contributed by atoms with Crippen LogP contribution in [0.25, 0.3) is 0 Å². The lowest BCUT2D eigenvalue weighted by atomic mass is 10.0. The van der Waals surface area contributed by atoms with Crippen LogP contribution in [0.15, 0.2) is 60.7 Å². The molecule has 2 N–H and O–H groups in total. The highest BCUT2D eigenvalue weighted by atomic mass is 32.3. The van der Waals surface area contributed by atoms with Gasteiger partial charge in [0.25, 0.3) is 0 Å². The molecule has 3 rings (SSSR count). The Labute approximate surface area is 117 Å². The molecular formula is C14H14O5S. The molecule has 0 bridgehead atoms. The maximum atomic E-state index is 8.74. The van der Waals surface area contributed by atoms with Crippen molar-refractivity contribution >= 4 is 10.4 Å². The minimum Gasteiger partial charge on any atom is -0.359 e. The summed E-state index contributed by atoms with van der Waals surface area (Å²) >= 11 is 0. The zero-order chi connectivity index (χ0) is 14.6. The predicted octanol–water partition coefficient (Wildman–Crippen LogP) is 2.85. The van der Waals surface area contributed by atoms with Crippen molar-refractivity contribution in [2.24, 2.45) is 0 Å². The first-order valence-electron chi connectivity index (χ1n) is 5.90. The normalized spacial score (nSPS) is 20.7. The number of hydrogen-bond donors (Lipinski definition) is 2. The number of benzene rings is 2. The average Bonchev–Trinajstić information content (AvgIpc) is 3.19. The Morgan fingerprint density at radius 3 is 1.35 bits per heavy atom. The zero-order valence-corrected chi connectivity index (χ0v) is 11.3. The number of epoxide rings is 1. The first kappa shape index (κ1) is 14.7. The van der Waals surface area contributed by atoms with Gasteiger partial charge in [-0.3, -0.25) is 9.11 Å². The van der Waals surface area contributed by atoms with E-state index >= 15 is 0 Å². The van der Waals surface area contributed by atoms with Gasteiger partial charge in [-0.25, -0.2) is 0 Å². The van der Waals surface area contributed by atoms with E-state index in [1.165, 1.54) is 11.1 Å². The van der Waals surface area contributed by atoms with Crippen molar-refractivity contribution in [2.75, 3.05) is 0 Å². The van der Waals surface area contributed by atoms with Crippen LogP contribution in [0.5, 0.6) is 0 Å². The van der Waals surface area contributed by atoms with E-state index < -0.39 is 10.4 Å². The van der Waals surface area contributed by atoms with E-state index in [2.05, 4.69) is 48.5 Å². The molecule has 1 heterocycles. The Morgan fingerprint density at radius 2 is 1.05 bits per heavy atom. The van der Waals surface area contributed by atoms with Crippen LogP contribution in [0, 0.1) is 0 Å². The maximum Gasteiger partial charge on any atom is 0.394 e. The number of hydrogen-bond acceptors (Lipinski definition) is 3. The molecule has 0 aliphatic carbocycles. The third-order valence-corrected chi connectivity index (χ3v) is 2.75. The summed E-state index contributed by atoms with van der Waals surface area (Å²) in [4.78, 5) is 0. The van der Waals surface area contributed by atoms with E-state index in [0.717, 1.165) is 0 Å². The van der Waals surface area contributed by atoms with Crippen molar-refractivity contribution in [1.29, 1.82) is 0 Å². The fraction of sp³-hybridized carbons (Fsp3) is 0.143. The van der Waals surface area contributed by atoms with Crippen molar-refractivity contribution in [3.05, 3.63) is 71.8 Å². The van der Waals surface area contributed by atoms with Gasteiger partial charge in [0.15, 0.2) is 0 Å². The third-order valence-electron chi connectivity index (χ3n) is 2.75. The standard InChI is InChI=1S/C14H12O.H2O4S/c1-3-7-11(8-4-1)13-14(15-13)12-9-5-2-6-10-12;1-5(2,3)4/h1-10,13-14H;(H2,1,2,3,4). The minimum absolute atomic E-state index is 0.258. The summed E-state index contributed by atoms with van der Waals surface area (Å²) in [6.07, 6.45) is 0.516. The van der Waals surface area contributed by atoms with E-state index in [4.69, 9.17) is 22.3 Å². The van der Waals surface area contributed by atoms with Gasteiger partial charge in [-0.15, -0.1) is 0 Å². The summed E-state index contributed by atoms with van der Waals surface area (Å²) < 4.78 is 37.3. The second-order valence-corrected chi connectivity index (χ2v) is 5.14. The molecule has 0 radical (unpaired) electrons. The van der Waals surface area contributed by atoms with Gasteiger partial charge in [-0.1, -0.05) is 60.7 Å². The van der Waals surface area contributed by atoms with Crippen LogP contribution < -0.4 is 0 Å². The zero-order valence-electron chi connectivity index (χ0n) is 10.5. The Kier molecular flexibility index (Phi) is 4.51. The highest BCUT2D eigenvalue weighted by Gasteiger charge is 2.40. The van der Waals surface area contributed by atoms with Crippen LogP contribution in [0.1, 0.15) is 23.3 Å². The van der Waals surface area contributed by atoms with Gasteiger partial charge in [0.2, 0.25) is 0 Å². The van der Waals surface area contributed by atoms with Crippen LogP contribution in [0.3, 0.4) is 0 Å². The van der Waals surface area contributed by atoms with Crippen LogP contribution in [0.4, 0.5) is 0 Å². The summed E-state index contributed by atoms with van der Waals surface area (Å²) in [7, 11) is -4.67. The van der Waals surface area contributed by atoms with Crippen molar-refractivity contribution in [3.8, 4) is 0 Å². The maximum absolute atomic E-state index is 8.74. The molecular weight excluding hydrogens is 280 g/mol. The smallest absolute Gasteiger partial charge is 0.359 e. The highest BCUT2D eigenvalue weighted by Crippen LogP contribution is 2.50. The van der Waals surface area contributed by atoms with Crippen LogP contribution in [-0.4, -0.2) is 17.5 Å². The molecule has 1 fully saturated rings. The van der Waals surface area contributed by atoms with Crippen molar-refractivity contribution in [2.45, 2.75) is 12.2 Å². The average molecular weight is 294 g/mol. The topological polar surface area (TPSA) is 87.1 Å². The molecule has 2 atom stereocenters. The lowest BCUT2D eigenvalue weighted by Crippen LogP contribution is -1.89. The number of ether oxygens (including phenoxy) is 1. The lowest BCUT2D eigenvalue weighted by Gasteiger charge is -1.95. The van der Waals surface area contributed by atoms with Gasteiger partial charge in [-0.05, 0) is 11.1 Å². The van der Waals surface area contributed by atoms with Crippen LogP contribution >= 0.6 is 0 Å². The highest BCUT2D eigenvalue weighted by molar-refractivity contribution is 7.79. The molecule has 1 aliphatic rings. The fourth-order valence-electron chi connectivity index (χ4n) is 1.90. The Balaban J connectivity index is 0.000000257. The van der Waals surface area contributed by atoms with Crippen molar-refractivity contribution in [1.82, 2.24) is 0 Å². The summed E-state index contributed by atoms with van der Waals surface area (Å²) in [6, 6.07) is 20.8. The summed E-state index contributed by atoms with van der Waals surface area (Å²) in [5, 5.41) is 0. The van der Waals surface area contributed by atoms with Crippen molar-refractivity contribution in [3.63, 3.8) is 0 Å². The molecule has 0 spiro atoms. The molecule has 2 aromatic rings. The largest absolute Gasteiger partial charge is 0.394 e. The van der Waals surface area contributed by atoms with E-state index in [0.29, 0.717) is 0 Å². The molecule has 0 amide bonds. The van der Waals surface area contributed by atoms with E-state index in [-0.39, 0.29) is 12.2 Å².